The molecule has 0 aliphatic heterocycles. The van der Waals surface area contributed by atoms with Gasteiger partial charge in [0.25, 0.3) is 0 Å². The fourth-order valence-electron chi connectivity index (χ4n) is 1.55. The summed E-state index contributed by atoms with van der Waals surface area (Å²) in [6.45, 7) is 3.26. The molecule has 1 aliphatic rings. The van der Waals surface area contributed by atoms with Crippen molar-refractivity contribution in [2.75, 3.05) is 6.54 Å². The Kier molecular flexibility index (Phi) is 3.54. The van der Waals surface area contributed by atoms with Crippen LogP contribution in [0.25, 0.3) is 0 Å². The molecule has 1 aromatic rings. The molecular weight excluding hydrogens is 192 g/mol. The van der Waals surface area contributed by atoms with Gasteiger partial charge in [0, 0.05) is 11.4 Å². The standard InChI is InChI=1S/C11H18N2S/c1-9-13-11(8-14-9)4-2-3-7-12-10-5-6-10/h8,10,12H,2-7H2,1H3. The van der Waals surface area contributed by atoms with Gasteiger partial charge in [0.05, 0.1) is 10.7 Å². The van der Waals surface area contributed by atoms with Gasteiger partial charge in [0.1, 0.15) is 0 Å². The number of hydrogen-bond acceptors (Lipinski definition) is 3. The van der Waals surface area contributed by atoms with Gasteiger partial charge < -0.3 is 5.32 Å². The van der Waals surface area contributed by atoms with Crippen LogP contribution in [0.2, 0.25) is 0 Å². The summed E-state index contributed by atoms with van der Waals surface area (Å²) in [6, 6.07) is 0.858. The quantitative estimate of drug-likeness (QED) is 0.730. The van der Waals surface area contributed by atoms with Gasteiger partial charge >= 0.3 is 0 Å². The van der Waals surface area contributed by atoms with Gasteiger partial charge in [-0.1, -0.05) is 0 Å². The molecule has 0 bridgehead atoms. The molecular formula is C11H18N2S. The number of aryl methyl sites for hydroxylation is 2. The highest BCUT2D eigenvalue weighted by Crippen LogP contribution is 2.18. The normalized spacial score (nSPS) is 16.1. The van der Waals surface area contributed by atoms with Gasteiger partial charge in [-0.2, -0.15) is 0 Å². The molecule has 1 aliphatic carbocycles. The maximum absolute atomic E-state index is 4.45. The third-order valence-corrected chi connectivity index (χ3v) is 3.36. The molecule has 0 saturated heterocycles. The minimum atomic E-state index is 0.858. The first kappa shape index (κ1) is 10.1. The van der Waals surface area contributed by atoms with Crippen molar-refractivity contribution < 1.29 is 0 Å². The van der Waals surface area contributed by atoms with Crippen molar-refractivity contribution >= 4 is 11.3 Å². The highest BCUT2D eigenvalue weighted by Gasteiger charge is 2.19. The topological polar surface area (TPSA) is 24.9 Å². The van der Waals surface area contributed by atoms with E-state index in [1.54, 1.807) is 11.3 Å². The Labute approximate surface area is 89.8 Å². The van der Waals surface area contributed by atoms with Gasteiger partial charge in [-0.15, -0.1) is 11.3 Å². The lowest BCUT2D eigenvalue weighted by Gasteiger charge is -2.00. The lowest BCUT2D eigenvalue weighted by Crippen LogP contribution is -2.17. The molecule has 14 heavy (non-hydrogen) atoms. The van der Waals surface area contributed by atoms with Crippen molar-refractivity contribution in [3.8, 4) is 0 Å². The first-order valence-corrected chi connectivity index (χ1v) is 6.37. The van der Waals surface area contributed by atoms with Crippen LogP contribution in [0, 0.1) is 6.92 Å². The number of aromatic nitrogens is 1. The second-order valence-corrected chi connectivity index (χ2v) is 5.11. The molecule has 1 N–H and O–H groups in total. The van der Waals surface area contributed by atoms with Crippen molar-refractivity contribution in [1.29, 1.82) is 0 Å². The summed E-state index contributed by atoms with van der Waals surface area (Å²) in [7, 11) is 0. The molecule has 1 aromatic heterocycles. The van der Waals surface area contributed by atoms with E-state index in [9.17, 15) is 0 Å². The molecule has 0 unspecified atom stereocenters. The number of rotatable bonds is 6. The Hall–Kier alpha value is -0.410. The third-order valence-electron chi connectivity index (χ3n) is 2.54. The maximum Gasteiger partial charge on any atom is 0.0897 e. The van der Waals surface area contributed by atoms with Crippen molar-refractivity contribution in [2.45, 2.75) is 45.1 Å². The second-order valence-electron chi connectivity index (χ2n) is 4.04. The summed E-state index contributed by atoms with van der Waals surface area (Å²) in [5, 5.41) is 6.91. The van der Waals surface area contributed by atoms with Crippen molar-refractivity contribution in [3.63, 3.8) is 0 Å². The fraction of sp³-hybridized carbons (Fsp3) is 0.727. The summed E-state index contributed by atoms with van der Waals surface area (Å²) >= 11 is 1.76. The molecule has 3 heteroatoms. The average Bonchev–Trinajstić information content (AvgIpc) is 2.89. The Morgan fingerprint density at radius 1 is 1.50 bits per heavy atom. The second kappa shape index (κ2) is 4.89. The molecule has 2 nitrogen and oxygen atoms in total. The lowest BCUT2D eigenvalue weighted by atomic mass is 10.2. The predicted octanol–water partition coefficient (Wildman–Crippen LogP) is 2.53. The minimum Gasteiger partial charge on any atom is -0.314 e. The molecule has 0 radical (unpaired) electrons. The molecule has 0 amide bonds. The van der Waals surface area contributed by atoms with E-state index in [2.05, 4.69) is 22.6 Å². The highest BCUT2D eigenvalue weighted by molar-refractivity contribution is 7.09. The summed E-state index contributed by atoms with van der Waals surface area (Å²) in [5.41, 5.74) is 1.28. The van der Waals surface area contributed by atoms with Crippen LogP contribution in [-0.4, -0.2) is 17.6 Å². The number of hydrogen-bond donors (Lipinski definition) is 1. The number of unbranched alkanes of at least 4 members (excludes halogenated alkanes) is 1. The van der Waals surface area contributed by atoms with Crippen LogP contribution in [0.4, 0.5) is 0 Å². The molecule has 0 aromatic carbocycles. The zero-order valence-corrected chi connectivity index (χ0v) is 9.57. The maximum atomic E-state index is 4.45. The van der Waals surface area contributed by atoms with Crippen LogP contribution in [0.3, 0.4) is 0 Å². The molecule has 1 saturated carbocycles. The molecule has 2 rings (SSSR count). The van der Waals surface area contributed by atoms with Crippen LogP contribution in [0.15, 0.2) is 5.38 Å². The van der Waals surface area contributed by atoms with E-state index in [-0.39, 0.29) is 0 Å². The smallest absolute Gasteiger partial charge is 0.0897 e. The van der Waals surface area contributed by atoms with Gasteiger partial charge in [-0.3, -0.25) is 0 Å². The monoisotopic (exact) mass is 210 g/mol. The zero-order chi connectivity index (χ0) is 9.80. The Morgan fingerprint density at radius 2 is 2.36 bits per heavy atom. The number of nitrogens with zero attached hydrogens (tertiary/aromatic N) is 1. The SMILES string of the molecule is Cc1nc(CCCCNC2CC2)cs1. The lowest BCUT2D eigenvalue weighted by molar-refractivity contribution is 0.617. The van der Waals surface area contributed by atoms with Gasteiger partial charge in [0.2, 0.25) is 0 Å². The third kappa shape index (κ3) is 3.39. The summed E-state index contributed by atoms with van der Waals surface area (Å²) < 4.78 is 0. The van der Waals surface area contributed by atoms with E-state index < -0.39 is 0 Å². The highest BCUT2D eigenvalue weighted by atomic mass is 32.1. The number of nitrogens with one attached hydrogen (secondary N) is 1. The van der Waals surface area contributed by atoms with Crippen LogP contribution in [-0.2, 0) is 6.42 Å². The van der Waals surface area contributed by atoms with Gasteiger partial charge in [-0.05, 0) is 45.6 Å². The van der Waals surface area contributed by atoms with E-state index in [1.165, 1.54) is 42.9 Å². The van der Waals surface area contributed by atoms with E-state index >= 15 is 0 Å². The number of thiazole rings is 1. The Morgan fingerprint density at radius 3 is 3.00 bits per heavy atom. The van der Waals surface area contributed by atoms with E-state index in [0.717, 1.165) is 12.5 Å². The summed E-state index contributed by atoms with van der Waals surface area (Å²) in [4.78, 5) is 4.45. The van der Waals surface area contributed by atoms with Gasteiger partial charge in [0.15, 0.2) is 0 Å². The van der Waals surface area contributed by atoms with Crippen LogP contribution in [0.1, 0.15) is 36.4 Å². The average molecular weight is 210 g/mol. The Balaban J connectivity index is 1.53. The Bertz CT molecular complexity index is 279. The first-order valence-electron chi connectivity index (χ1n) is 5.49. The minimum absolute atomic E-state index is 0.858. The summed E-state index contributed by atoms with van der Waals surface area (Å²) in [5.74, 6) is 0. The largest absolute Gasteiger partial charge is 0.314 e. The van der Waals surface area contributed by atoms with Crippen LogP contribution in [0.5, 0.6) is 0 Å². The van der Waals surface area contributed by atoms with Crippen molar-refractivity contribution in [2.24, 2.45) is 0 Å². The first-order chi connectivity index (χ1) is 6.84. The molecule has 78 valence electrons. The van der Waals surface area contributed by atoms with E-state index in [4.69, 9.17) is 0 Å². The summed E-state index contributed by atoms with van der Waals surface area (Å²) in [6.07, 6.45) is 6.49. The molecule has 0 atom stereocenters. The van der Waals surface area contributed by atoms with Crippen molar-refractivity contribution in [3.05, 3.63) is 16.1 Å². The van der Waals surface area contributed by atoms with Gasteiger partial charge in [-0.25, -0.2) is 4.98 Å². The van der Waals surface area contributed by atoms with E-state index in [1.807, 2.05) is 0 Å². The van der Waals surface area contributed by atoms with Crippen LogP contribution < -0.4 is 5.32 Å². The fourth-order valence-corrected chi connectivity index (χ4v) is 2.19. The predicted molar refractivity (Wildman–Crippen MR) is 60.8 cm³/mol. The molecule has 0 spiro atoms. The molecule has 1 heterocycles. The van der Waals surface area contributed by atoms with Crippen molar-refractivity contribution in [1.82, 2.24) is 10.3 Å². The van der Waals surface area contributed by atoms with Crippen LogP contribution >= 0.6 is 11.3 Å². The van der Waals surface area contributed by atoms with E-state index in [0.29, 0.717) is 0 Å². The molecule has 1 fully saturated rings. The zero-order valence-electron chi connectivity index (χ0n) is 8.75.